The highest BCUT2D eigenvalue weighted by Gasteiger charge is 2.07. The van der Waals surface area contributed by atoms with Crippen molar-refractivity contribution in [2.75, 3.05) is 12.8 Å². The van der Waals surface area contributed by atoms with Crippen LogP contribution in [0.1, 0.15) is 11.4 Å². The molecule has 0 bridgehead atoms. The SMILES string of the molecule is COc1ccc(CCc2nc3c(N)cc(Cl)cc3[nH]2)cc1. The molecular weight excluding hydrogens is 286 g/mol. The van der Waals surface area contributed by atoms with Gasteiger partial charge in [0, 0.05) is 11.4 Å². The third-order valence-corrected chi connectivity index (χ3v) is 3.66. The summed E-state index contributed by atoms with van der Waals surface area (Å²) in [5, 5.41) is 0.616. The second-order valence-corrected chi connectivity index (χ2v) is 5.36. The van der Waals surface area contributed by atoms with Crippen LogP contribution in [-0.4, -0.2) is 17.1 Å². The van der Waals surface area contributed by atoms with Gasteiger partial charge in [-0.1, -0.05) is 23.7 Å². The molecule has 3 aromatic rings. The van der Waals surface area contributed by atoms with Gasteiger partial charge in [-0.15, -0.1) is 0 Å². The lowest BCUT2D eigenvalue weighted by atomic mass is 10.1. The number of nitrogen functional groups attached to an aromatic ring is 1. The topological polar surface area (TPSA) is 63.9 Å². The minimum absolute atomic E-state index is 0.601. The third-order valence-electron chi connectivity index (χ3n) is 3.44. The molecule has 3 N–H and O–H groups in total. The minimum Gasteiger partial charge on any atom is -0.497 e. The quantitative estimate of drug-likeness (QED) is 0.724. The number of hydrogen-bond acceptors (Lipinski definition) is 3. The Kier molecular flexibility index (Phi) is 3.71. The molecule has 5 heteroatoms. The summed E-state index contributed by atoms with van der Waals surface area (Å²) in [6.45, 7) is 0. The molecule has 0 saturated carbocycles. The second-order valence-electron chi connectivity index (χ2n) is 4.92. The molecule has 0 spiro atoms. The zero-order chi connectivity index (χ0) is 14.8. The molecule has 1 heterocycles. The summed E-state index contributed by atoms with van der Waals surface area (Å²) in [4.78, 5) is 7.81. The van der Waals surface area contributed by atoms with Crippen LogP contribution in [0.5, 0.6) is 5.75 Å². The van der Waals surface area contributed by atoms with Crippen molar-refractivity contribution in [2.24, 2.45) is 0 Å². The number of methoxy groups -OCH3 is 1. The Morgan fingerprint density at radius 1 is 1.19 bits per heavy atom. The molecule has 4 nitrogen and oxygen atoms in total. The highest BCUT2D eigenvalue weighted by molar-refractivity contribution is 6.31. The lowest BCUT2D eigenvalue weighted by molar-refractivity contribution is 0.414. The zero-order valence-electron chi connectivity index (χ0n) is 11.7. The van der Waals surface area contributed by atoms with Gasteiger partial charge in [0.2, 0.25) is 0 Å². The van der Waals surface area contributed by atoms with E-state index in [4.69, 9.17) is 22.1 Å². The predicted octanol–water partition coefficient (Wildman–Crippen LogP) is 3.59. The Morgan fingerprint density at radius 3 is 2.67 bits per heavy atom. The summed E-state index contributed by atoms with van der Waals surface area (Å²) in [6, 6.07) is 11.6. The Labute approximate surface area is 127 Å². The van der Waals surface area contributed by atoms with Crippen molar-refractivity contribution in [1.29, 1.82) is 0 Å². The average molecular weight is 302 g/mol. The van der Waals surface area contributed by atoms with Gasteiger partial charge >= 0.3 is 0 Å². The number of aryl methyl sites for hydroxylation is 2. The third kappa shape index (κ3) is 2.95. The fraction of sp³-hybridized carbons (Fsp3) is 0.188. The van der Waals surface area contributed by atoms with E-state index in [-0.39, 0.29) is 0 Å². The van der Waals surface area contributed by atoms with Crippen LogP contribution in [-0.2, 0) is 12.8 Å². The number of nitrogens with two attached hydrogens (primary N) is 1. The number of benzene rings is 2. The van der Waals surface area contributed by atoms with Crippen LogP contribution in [0.15, 0.2) is 36.4 Å². The molecule has 1 aromatic heterocycles. The Morgan fingerprint density at radius 2 is 1.95 bits per heavy atom. The summed E-state index contributed by atoms with van der Waals surface area (Å²) in [5.74, 6) is 1.78. The van der Waals surface area contributed by atoms with Gasteiger partial charge in [-0.2, -0.15) is 0 Å². The molecule has 2 aromatic carbocycles. The fourth-order valence-corrected chi connectivity index (χ4v) is 2.56. The molecule has 0 amide bonds. The number of anilines is 1. The van der Waals surface area contributed by atoms with Crippen molar-refractivity contribution in [3.63, 3.8) is 0 Å². The highest BCUT2D eigenvalue weighted by Crippen LogP contribution is 2.24. The number of halogens is 1. The van der Waals surface area contributed by atoms with Crippen LogP contribution in [0.3, 0.4) is 0 Å². The monoisotopic (exact) mass is 301 g/mol. The first kappa shape index (κ1) is 13.8. The molecule has 3 rings (SSSR count). The number of aromatic amines is 1. The molecule has 0 aliphatic rings. The van der Waals surface area contributed by atoms with Gasteiger partial charge < -0.3 is 15.5 Å². The predicted molar refractivity (Wildman–Crippen MR) is 85.9 cm³/mol. The average Bonchev–Trinajstić information content (AvgIpc) is 2.89. The van der Waals surface area contributed by atoms with Crippen molar-refractivity contribution in [3.8, 4) is 5.75 Å². The van der Waals surface area contributed by atoms with Crippen LogP contribution >= 0.6 is 11.6 Å². The van der Waals surface area contributed by atoms with E-state index in [1.165, 1.54) is 5.56 Å². The Hall–Kier alpha value is -2.20. The van der Waals surface area contributed by atoms with Crippen LogP contribution in [0.4, 0.5) is 5.69 Å². The molecule has 0 aliphatic heterocycles. The number of imidazole rings is 1. The van der Waals surface area contributed by atoms with Gasteiger partial charge in [0.1, 0.15) is 17.1 Å². The molecule has 0 saturated heterocycles. The lowest BCUT2D eigenvalue weighted by Crippen LogP contribution is -1.93. The maximum Gasteiger partial charge on any atom is 0.118 e. The van der Waals surface area contributed by atoms with E-state index < -0.39 is 0 Å². The van der Waals surface area contributed by atoms with Gasteiger partial charge in [-0.25, -0.2) is 4.98 Å². The standard InChI is InChI=1S/C16H16ClN3O/c1-21-12-5-2-10(3-6-12)4-7-15-19-14-9-11(17)8-13(18)16(14)20-15/h2-3,5-6,8-9H,4,7,18H2,1H3,(H,19,20). The van der Waals surface area contributed by atoms with E-state index in [0.29, 0.717) is 10.7 Å². The fourth-order valence-electron chi connectivity index (χ4n) is 2.33. The van der Waals surface area contributed by atoms with E-state index in [1.807, 2.05) is 18.2 Å². The Balaban J connectivity index is 1.77. The maximum absolute atomic E-state index is 6.00. The van der Waals surface area contributed by atoms with Crippen molar-refractivity contribution in [3.05, 3.63) is 52.8 Å². The van der Waals surface area contributed by atoms with E-state index in [2.05, 4.69) is 22.1 Å². The van der Waals surface area contributed by atoms with Crippen molar-refractivity contribution in [1.82, 2.24) is 9.97 Å². The summed E-state index contributed by atoms with van der Waals surface area (Å²) >= 11 is 6.00. The summed E-state index contributed by atoms with van der Waals surface area (Å²) < 4.78 is 5.15. The van der Waals surface area contributed by atoms with Gasteiger partial charge in [-0.3, -0.25) is 0 Å². The number of rotatable bonds is 4. The molecule has 0 unspecified atom stereocenters. The lowest BCUT2D eigenvalue weighted by Gasteiger charge is -2.02. The molecule has 0 atom stereocenters. The molecular formula is C16H16ClN3O. The summed E-state index contributed by atoms with van der Waals surface area (Å²) in [5.41, 5.74) is 9.43. The molecule has 0 radical (unpaired) electrons. The van der Waals surface area contributed by atoms with Crippen LogP contribution in [0.25, 0.3) is 11.0 Å². The maximum atomic E-state index is 6.00. The molecule has 21 heavy (non-hydrogen) atoms. The van der Waals surface area contributed by atoms with Crippen LogP contribution in [0.2, 0.25) is 5.02 Å². The zero-order valence-corrected chi connectivity index (χ0v) is 12.4. The molecule has 0 fully saturated rings. The number of nitrogens with one attached hydrogen (secondary N) is 1. The number of ether oxygens (including phenoxy) is 1. The first-order valence-corrected chi connectivity index (χ1v) is 7.10. The van der Waals surface area contributed by atoms with E-state index in [0.717, 1.165) is 35.4 Å². The molecule has 0 aliphatic carbocycles. The van der Waals surface area contributed by atoms with E-state index in [1.54, 1.807) is 13.2 Å². The Bertz CT molecular complexity index is 765. The summed E-state index contributed by atoms with van der Waals surface area (Å²) in [7, 11) is 1.67. The second kappa shape index (κ2) is 5.66. The first-order chi connectivity index (χ1) is 10.2. The van der Waals surface area contributed by atoms with Crippen molar-refractivity contribution < 1.29 is 4.74 Å². The number of hydrogen-bond donors (Lipinski definition) is 2. The van der Waals surface area contributed by atoms with Gasteiger partial charge in [0.15, 0.2) is 0 Å². The smallest absolute Gasteiger partial charge is 0.118 e. The number of fused-ring (bicyclic) bond motifs is 1. The largest absolute Gasteiger partial charge is 0.497 e. The number of aromatic nitrogens is 2. The van der Waals surface area contributed by atoms with Gasteiger partial charge in [-0.05, 0) is 36.2 Å². The number of nitrogens with zero attached hydrogens (tertiary/aromatic N) is 1. The normalized spacial score (nSPS) is 11.0. The summed E-state index contributed by atoms with van der Waals surface area (Å²) in [6.07, 6.45) is 1.72. The van der Waals surface area contributed by atoms with Crippen molar-refractivity contribution in [2.45, 2.75) is 12.8 Å². The van der Waals surface area contributed by atoms with Gasteiger partial charge in [0.05, 0.1) is 18.3 Å². The van der Waals surface area contributed by atoms with Gasteiger partial charge in [0.25, 0.3) is 0 Å². The van der Waals surface area contributed by atoms with Crippen LogP contribution in [0, 0.1) is 0 Å². The van der Waals surface area contributed by atoms with E-state index >= 15 is 0 Å². The molecule has 108 valence electrons. The highest BCUT2D eigenvalue weighted by atomic mass is 35.5. The number of H-pyrrole nitrogens is 1. The van der Waals surface area contributed by atoms with E-state index in [9.17, 15) is 0 Å². The van der Waals surface area contributed by atoms with Crippen LogP contribution < -0.4 is 10.5 Å². The minimum atomic E-state index is 0.601. The first-order valence-electron chi connectivity index (χ1n) is 6.72. The van der Waals surface area contributed by atoms with Crippen molar-refractivity contribution >= 4 is 28.3 Å².